The van der Waals surface area contributed by atoms with Gasteiger partial charge >= 0.3 is 0 Å². The Hall–Kier alpha value is -3.19. The summed E-state index contributed by atoms with van der Waals surface area (Å²) in [5.74, 6) is 0.358. The van der Waals surface area contributed by atoms with Crippen LogP contribution in [0.2, 0.25) is 0 Å². The molecule has 0 unspecified atom stereocenters. The van der Waals surface area contributed by atoms with Crippen LogP contribution < -0.4 is 5.32 Å². The Bertz CT molecular complexity index is 1220. The number of nitrogens with one attached hydrogen (secondary N) is 1. The van der Waals surface area contributed by atoms with Crippen LogP contribution in [0.1, 0.15) is 38.4 Å². The van der Waals surface area contributed by atoms with Gasteiger partial charge in [0.05, 0.1) is 29.0 Å². The summed E-state index contributed by atoms with van der Waals surface area (Å²) in [5, 5.41) is 11.9. The highest BCUT2D eigenvalue weighted by atomic mass is 79.9. The second kappa shape index (κ2) is 8.89. The van der Waals surface area contributed by atoms with Gasteiger partial charge in [0.1, 0.15) is 0 Å². The van der Waals surface area contributed by atoms with E-state index in [0.29, 0.717) is 24.5 Å². The number of nitrogens with zero attached hydrogens (tertiary/aromatic N) is 4. The first kappa shape index (κ1) is 21.1. The third-order valence-electron chi connectivity index (χ3n) is 5.32. The number of aromatic nitrogens is 4. The highest BCUT2D eigenvalue weighted by Crippen LogP contribution is 2.21. The van der Waals surface area contributed by atoms with Gasteiger partial charge in [0.25, 0.3) is 5.91 Å². The Kier molecular flexibility index (Phi) is 6.04. The van der Waals surface area contributed by atoms with Gasteiger partial charge in [0.15, 0.2) is 5.82 Å². The molecule has 2 aromatic heterocycles. The van der Waals surface area contributed by atoms with E-state index < -0.39 is 0 Å². The Balaban J connectivity index is 1.39. The normalized spacial score (nSPS) is 11.0. The van der Waals surface area contributed by atoms with Crippen LogP contribution >= 0.6 is 15.9 Å². The van der Waals surface area contributed by atoms with Gasteiger partial charge in [-0.25, -0.2) is 0 Å². The number of amides is 1. The maximum atomic E-state index is 12.6. The monoisotopic (exact) mass is 477 g/mol. The Morgan fingerprint density at radius 3 is 2.39 bits per heavy atom. The van der Waals surface area contributed by atoms with Crippen molar-refractivity contribution in [2.75, 3.05) is 5.32 Å². The molecule has 158 valence electrons. The zero-order chi connectivity index (χ0) is 22.0. The molecule has 0 bridgehead atoms. The highest BCUT2D eigenvalue weighted by Gasteiger charge is 2.11. The summed E-state index contributed by atoms with van der Waals surface area (Å²) in [7, 11) is 0. The first-order chi connectivity index (χ1) is 14.9. The van der Waals surface area contributed by atoms with Gasteiger partial charge in [0, 0.05) is 17.8 Å². The molecule has 7 heteroatoms. The first-order valence-corrected chi connectivity index (χ1v) is 10.9. The maximum Gasteiger partial charge on any atom is 0.256 e. The predicted octanol–water partition coefficient (Wildman–Crippen LogP) is 5.12. The lowest BCUT2D eigenvalue weighted by Crippen LogP contribution is -2.13. The number of hydrogen-bond acceptors (Lipinski definition) is 3. The van der Waals surface area contributed by atoms with E-state index in [1.807, 2.05) is 71.9 Å². The van der Waals surface area contributed by atoms with Crippen molar-refractivity contribution in [2.45, 2.75) is 33.9 Å². The van der Waals surface area contributed by atoms with E-state index in [9.17, 15) is 4.79 Å². The number of rotatable bonds is 6. The summed E-state index contributed by atoms with van der Waals surface area (Å²) in [5.41, 5.74) is 6.14. The molecule has 2 heterocycles. The minimum Gasteiger partial charge on any atom is -0.305 e. The minimum absolute atomic E-state index is 0.179. The van der Waals surface area contributed by atoms with Gasteiger partial charge in [0.2, 0.25) is 0 Å². The fourth-order valence-corrected chi connectivity index (χ4v) is 3.71. The van der Waals surface area contributed by atoms with Gasteiger partial charge in [-0.15, -0.1) is 0 Å². The van der Waals surface area contributed by atoms with Crippen LogP contribution in [-0.4, -0.2) is 25.5 Å². The Morgan fingerprint density at radius 2 is 1.71 bits per heavy atom. The summed E-state index contributed by atoms with van der Waals surface area (Å²) in [6.45, 7) is 7.41. The Labute approximate surface area is 190 Å². The van der Waals surface area contributed by atoms with Gasteiger partial charge in [-0.1, -0.05) is 36.4 Å². The number of benzene rings is 2. The molecule has 1 N–H and O–H groups in total. The van der Waals surface area contributed by atoms with E-state index in [2.05, 4.69) is 50.5 Å². The van der Waals surface area contributed by atoms with E-state index in [4.69, 9.17) is 0 Å². The fraction of sp³-hybridized carbons (Fsp3) is 0.208. The van der Waals surface area contributed by atoms with Crippen molar-refractivity contribution in [1.29, 1.82) is 0 Å². The summed E-state index contributed by atoms with van der Waals surface area (Å²) in [6, 6.07) is 17.6. The molecule has 0 radical (unpaired) electrons. The molecule has 31 heavy (non-hydrogen) atoms. The molecular formula is C24H24BrN5O. The van der Waals surface area contributed by atoms with Crippen LogP contribution in [0, 0.1) is 20.8 Å². The van der Waals surface area contributed by atoms with Crippen molar-refractivity contribution in [3.8, 4) is 0 Å². The van der Waals surface area contributed by atoms with Crippen LogP contribution in [0.4, 0.5) is 5.82 Å². The van der Waals surface area contributed by atoms with Crippen molar-refractivity contribution < 1.29 is 4.79 Å². The van der Waals surface area contributed by atoms with Crippen molar-refractivity contribution in [2.24, 2.45) is 0 Å². The standard InChI is InChI=1S/C24H24BrN5O/c1-16-6-4-5-7-21(16)15-29-13-12-22(28-29)26-24(31)20-10-8-19(9-11-20)14-30-18(3)23(25)17(2)27-30/h4-13H,14-15H2,1-3H3,(H,26,28,31). The average molecular weight is 478 g/mol. The summed E-state index contributed by atoms with van der Waals surface area (Å²) in [4.78, 5) is 12.6. The largest absolute Gasteiger partial charge is 0.305 e. The third kappa shape index (κ3) is 4.77. The van der Waals surface area contributed by atoms with Crippen molar-refractivity contribution in [3.63, 3.8) is 0 Å². The zero-order valence-corrected chi connectivity index (χ0v) is 19.3. The number of carbonyl (C=O) groups is 1. The SMILES string of the molecule is Cc1ccccc1Cn1ccc(NC(=O)c2ccc(Cn3nc(C)c(Br)c3C)cc2)n1. The van der Waals surface area contributed by atoms with Gasteiger partial charge in [-0.05, 0) is 65.5 Å². The topological polar surface area (TPSA) is 64.7 Å². The molecule has 0 aliphatic heterocycles. The van der Waals surface area contributed by atoms with Gasteiger partial charge in [-0.3, -0.25) is 14.2 Å². The number of halogens is 1. The molecule has 1 amide bonds. The van der Waals surface area contributed by atoms with Gasteiger partial charge < -0.3 is 5.32 Å². The van der Waals surface area contributed by atoms with E-state index in [-0.39, 0.29) is 5.91 Å². The van der Waals surface area contributed by atoms with E-state index >= 15 is 0 Å². The summed E-state index contributed by atoms with van der Waals surface area (Å²) >= 11 is 3.56. The lowest BCUT2D eigenvalue weighted by Gasteiger charge is -2.07. The molecule has 0 aliphatic rings. The fourth-order valence-electron chi connectivity index (χ4n) is 3.43. The molecule has 0 fully saturated rings. The maximum absolute atomic E-state index is 12.6. The molecule has 6 nitrogen and oxygen atoms in total. The van der Waals surface area contributed by atoms with Crippen LogP contribution in [0.3, 0.4) is 0 Å². The number of aryl methyl sites for hydroxylation is 2. The molecule has 0 aliphatic carbocycles. The second-order valence-corrected chi connectivity index (χ2v) is 8.41. The number of carbonyl (C=O) groups excluding carboxylic acids is 1. The van der Waals surface area contributed by atoms with Crippen molar-refractivity contribution in [1.82, 2.24) is 19.6 Å². The van der Waals surface area contributed by atoms with E-state index in [0.717, 1.165) is 21.4 Å². The van der Waals surface area contributed by atoms with Crippen LogP contribution in [0.15, 0.2) is 65.3 Å². The minimum atomic E-state index is -0.179. The average Bonchev–Trinajstić information content (AvgIpc) is 3.29. The third-order valence-corrected chi connectivity index (χ3v) is 6.47. The quantitative estimate of drug-likeness (QED) is 0.419. The lowest BCUT2D eigenvalue weighted by atomic mass is 10.1. The molecule has 0 saturated heterocycles. The molecule has 0 spiro atoms. The number of anilines is 1. The second-order valence-electron chi connectivity index (χ2n) is 7.62. The molecule has 0 saturated carbocycles. The van der Waals surface area contributed by atoms with Crippen molar-refractivity contribution >= 4 is 27.7 Å². The van der Waals surface area contributed by atoms with E-state index in [1.165, 1.54) is 11.1 Å². The van der Waals surface area contributed by atoms with Crippen molar-refractivity contribution in [3.05, 3.63) is 98.9 Å². The molecule has 4 aromatic rings. The smallest absolute Gasteiger partial charge is 0.256 e. The zero-order valence-electron chi connectivity index (χ0n) is 17.8. The molecule has 0 atom stereocenters. The predicted molar refractivity (Wildman–Crippen MR) is 125 cm³/mol. The van der Waals surface area contributed by atoms with Crippen LogP contribution in [-0.2, 0) is 13.1 Å². The van der Waals surface area contributed by atoms with Crippen LogP contribution in [0.25, 0.3) is 0 Å². The summed E-state index contributed by atoms with van der Waals surface area (Å²) in [6.07, 6.45) is 1.87. The molecular weight excluding hydrogens is 454 g/mol. The molecule has 2 aromatic carbocycles. The Morgan fingerprint density at radius 1 is 0.968 bits per heavy atom. The number of hydrogen-bond donors (Lipinski definition) is 1. The molecule has 4 rings (SSSR count). The van der Waals surface area contributed by atoms with Gasteiger partial charge in [-0.2, -0.15) is 10.2 Å². The lowest BCUT2D eigenvalue weighted by molar-refractivity contribution is 0.102. The first-order valence-electron chi connectivity index (χ1n) is 10.1. The van der Waals surface area contributed by atoms with E-state index in [1.54, 1.807) is 0 Å². The highest BCUT2D eigenvalue weighted by molar-refractivity contribution is 9.10. The summed E-state index contributed by atoms with van der Waals surface area (Å²) < 4.78 is 4.81. The van der Waals surface area contributed by atoms with Crippen LogP contribution in [0.5, 0.6) is 0 Å².